The summed E-state index contributed by atoms with van der Waals surface area (Å²) in [5, 5.41) is 2.77. The highest BCUT2D eigenvalue weighted by atomic mass is 16.1. The van der Waals surface area contributed by atoms with Crippen molar-refractivity contribution in [3.8, 4) is 0 Å². The maximum Gasteiger partial charge on any atom is 0.220 e. The second-order valence-corrected chi connectivity index (χ2v) is 3.33. The van der Waals surface area contributed by atoms with Gasteiger partial charge in [0, 0.05) is 13.0 Å². The molecule has 0 radical (unpaired) electrons. The topological polar surface area (TPSA) is 29.1 Å². The molecule has 11 heavy (non-hydrogen) atoms. The summed E-state index contributed by atoms with van der Waals surface area (Å²) < 4.78 is 0. The molecule has 0 aromatic carbocycles. The van der Waals surface area contributed by atoms with Crippen LogP contribution >= 0.6 is 0 Å². The van der Waals surface area contributed by atoms with E-state index in [0.717, 1.165) is 5.57 Å². The number of carbonyl (C=O) groups excluding carboxylic acids is 1. The first-order chi connectivity index (χ1) is 5.02. The van der Waals surface area contributed by atoms with E-state index in [-0.39, 0.29) is 5.91 Å². The average Bonchev–Trinajstić information content (AvgIpc) is 1.82. The summed E-state index contributed by atoms with van der Waals surface area (Å²) >= 11 is 0. The summed E-state index contributed by atoms with van der Waals surface area (Å²) in [6.07, 6.45) is 0.604. The van der Waals surface area contributed by atoms with Gasteiger partial charge in [-0.25, -0.2) is 0 Å². The van der Waals surface area contributed by atoms with E-state index in [1.165, 1.54) is 0 Å². The molecule has 64 valence electrons. The number of rotatable bonds is 4. The number of amides is 1. The van der Waals surface area contributed by atoms with E-state index >= 15 is 0 Å². The van der Waals surface area contributed by atoms with Gasteiger partial charge in [-0.1, -0.05) is 26.0 Å². The molecule has 1 amide bonds. The van der Waals surface area contributed by atoms with Gasteiger partial charge in [0.2, 0.25) is 5.91 Å². The van der Waals surface area contributed by atoms with Crippen LogP contribution in [0, 0.1) is 5.92 Å². The zero-order valence-electron chi connectivity index (χ0n) is 7.61. The molecule has 0 fully saturated rings. The maximum absolute atomic E-state index is 11.0. The van der Waals surface area contributed by atoms with Crippen molar-refractivity contribution in [1.29, 1.82) is 0 Å². The first-order valence-corrected chi connectivity index (χ1v) is 3.93. The molecule has 0 aliphatic heterocycles. The smallest absolute Gasteiger partial charge is 0.220 e. The Balaban J connectivity index is 3.45. The van der Waals surface area contributed by atoms with Crippen molar-refractivity contribution in [2.45, 2.75) is 27.2 Å². The first-order valence-electron chi connectivity index (χ1n) is 3.93. The van der Waals surface area contributed by atoms with Crippen LogP contribution in [0.5, 0.6) is 0 Å². The minimum atomic E-state index is 0.114. The van der Waals surface area contributed by atoms with Crippen LogP contribution in [0.3, 0.4) is 0 Å². The van der Waals surface area contributed by atoms with Crippen LogP contribution in [0.2, 0.25) is 0 Å². The van der Waals surface area contributed by atoms with E-state index in [0.29, 0.717) is 18.9 Å². The molecule has 2 heteroatoms. The van der Waals surface area contributed by atoms with E-state index in [2.05, 4.69) is 11.9 Å². The SMILES string of the molecule is C=C(C)CNC(=O)CC(C)C. The van der Waals surface area contributed by atoms with E-state index in [9.17, 15) is 4.79 Å². The van der Waals surface area contributed by atoms with Gasteiger partial charge in [-0.15, -0.1) is 0 Å². The van der Waals surface area contributed by atoms with Crippen LogP contribution in [0.1, 0.15) is 27.2 Å². The van der Waals surface area contributed by atoms with Crippen LogP contribution in [0.15, 0.2) is 12.2 Å². The van der Waals surface area contributed by atoms with Crippen molar-refractivity contribution < 1.29 is 4.79 Å². The van der Waals surface area contributed by atoms with Gasteiger partial charge in [0.1, 0.15) is 0 Å². The molecule has 1 N–H and O–H groups in total. The van der Waals surface area contributed by atoms with Crippen molar-refractivity contribution in [3.05, 3.63) is 12.2 Å². The molecule has 0 aromatic heterocycles. The van der Waals surface area contributed by atoms with E-state index in [4.69, 9.17) is 0 Å². The Kier molecular flexibility index (Phi) is 4.59. The molecule has 0 saturated carbocycles. The molecule has 0 spiro atoms. The van der Waals surface area contributed by atoms with Crippen LogP contribution < -0.4 is 5.32 Å². The molecular formula is C9H17NO. The third kappa shape index (κ3) is 7.10. The van der Waals surface area contributed by atoms with Crippen LogP contribution in [-0.2, 0) is 4.79 Å². The van der Waals surface area contributed by atoms with Crippen LogP contribution in [0.4, 0.5) is 0 Å². The number of nitrogens with one attached hydrogen (secondary N) is 1. The highest BCUT2D eigenvalue weighted by Crippen LogP contribution is 1.98. The normalized spacial score (nSPS) is 9.82. The lowest BCUT2D eigenvalue weighted by atomic mass is 10.1. The predicted molar refractivity (Wildman–Crippen MR) is 47.3 cm³/mol. The molecule has 0 rings (SSSR count). The van der Waals surface area contributed by atoms with Gasteiger partial charge in [0.15, 0.2) is 0 Å². The Labute approximate surface area is 68.7 Å². The van der Waals surface area contributed by atoms with Crippen molar-refractivity contribution in [1.82, 2.24) is 5.32 Å². The number of carbonyl (C=O) groups is 1. The summed E-state index contributed by atoms with van der Waals surface area (Å²) in [6, 6.07) is 0. The largest absolute Gasteiger partial charge is 0.352 e. The predicted octanol–water partition coefficient (Wildman–Crippen LogP) is 1.72. The third-order valence-electron chi connectivity index (χ3n) is 1.18. The maximum atomic E-state index is 11.0. The summed E-state index contributed by atoms with van der Waals surface area (Å²) in [5.74, 6) is 0.545. The molecule has 0 aliphatic carbocycles. The van der Waals surface area contributed by atoms with Gasteiger partial charge >= 0.3 is 0 Å². The fourth-order valence-electron chi connectivity index (χ4n) is 0.692. The fourth-order valence-corrected chi connectivity index (χ4v) is 0.692. The van der Waals surface area contributed by atoms with Gasteiger partial charge in [-0.05, 0) is 12.8 Å². The monoisotopic (exact) mass is 155 g/mol. The minimum Gasteiger partial charge on any atom is -0.352 e. The summed E-state index contributed by atoms with van der Waals surface area (Å²) in [6.45, 7) is 10.2. The Hall–Kier alpha value is -0.790. The summed E-state index contributed by atoms with van der Waals surface area (Å²) in [4.78, 5) is 11.0. The van der Waals surface area contributed by atoms with Crippen molar-refractivity contribution >= 4 is 5.91 Å². The average molecular weight is 155 g/mol. The van der Waals surface area contributed by atoms with Gasteiger partial charge in [0.05, 0.1) is 0 Å². The molecule has 0 unspecified atom stereocenters. The van der Waals surface area contributed by atoms with Crippen LogP contribution in [-0.4, -0.2) is 12.5 Å². The quantitative estimate of drug-likeness (QED) is 0.615. The van der Waals surface area contributed by atoms with Gasteiger partial charge in [-0.3, -0.25) is 4.79 Å². The molecule has 0 atom stereocenters. The highest BCUT2D eigenvalue weighted by molar-refractivity contribution is 5.76. The Morgan fingerprint density at radius 3 is 2.45 bits per heavy atom. The van der Waals surface area contributed by atoms with Crippen molar-refractivity contribution in [2.75, 3.05) is 6.54 Å². The minimum absolute atomic E-state index is 0.114. The Morgan fingerprint density at radius 2 is 2.09 bits per heavy atom. The third-order valence-corrected chi connectivity index (χ3v) is 1.18. The molecule has 0 aliphatic rings. The zero-order chi connectivity index (χ0) is 8.85. The van der Waals surface area contributed by atoms with Gasteiger partial charge in [-0.2, -0.15) is 0 Å². The standard InChI is InChI=1S/C9H17NO/c1-7(2)5-9(11)10-6-8(3)4/h7H,3,5-6H2,1-2,4H3,(H,10,11). The molecule has 0 bridgehead atoms. The molecule has 0 heterocycles. The van der Waals surface area contributed by atoms with E-state index in [1.807, 2.05) is 20.8 Å². The number of hydrogen-bond acceptors (Lipinski definition) is 1. The molecular weight excluding hydrogens is 138 g/mol. The first kappa shape index (κ1) is 10.2. The molecule has 0 saturated heterocycles. The molecule has 2 nitrogen and oxygen atoms in total. The van der Waals surface area contributed by atoms with E-state index < -0.39 is 0 Å². The van der Waals surface area contributed by atoms with Gasteiger partial charge in [0.25, 0.3) is 0 Å². The lowest BCUT2D eigenvalue weighted by Crippen LogP contribution is -2.25. The number of hydrogen-bond donors (Lipinski definition) is 1. The Bertz CT molecular complexity index is 150. The highest BCUT2D eigenvalue weighted by Gasteiger charge is 2.02. The van der Waals surface area contributed by atoms with E-state index in [1.54, 1.807) is 0 Å². The Morgan fingerprint density at radius 1 is 1.55 bits per heavy atom. The lowest BCUT2D eigenvalue weighted by molar-refractivity contribution is -0.121. The van der Waals surface area contributed by atoms with Crippen molar-refractivity contribution in [2.24, 2.45) is 5.92 Å². The second-order valence-electron chi connectivity index (χ2n) is 3.33. The second kappa shape index (κ2) is 4.94. The summed E-state index contributed by atoms with van der Waals surface area (Å²) in [5.41, 5.74) is 0.988. The van der Waals surface area contributed by atoms with Crippen LogP contribution in [0.25, 0.3) is 0 Å². The fraction of sp³-hybridized carbons (Fsp3) is 0.667. The lowest BCUT2D eigenvalue weighted by Gasteiger charge is -2.05. The summed E-state index contributed by atoms with van der Waals surface area (Å²) in [7, 11) is 0. The van der Waals surface area contributed by atoms with Gasteiger partial charge < -0.3 is 5.32 Å². The molecule has 0 aromatic rings. The zero-order valence-corrected chi connectivity index (χ0v) is 7.61. The van der Waals surface area contributed by atoms with Crippen molar-refractivity contribution in [3.63, 3.8) is 0 Å².